The zero-order valence-electron chi connectivity index (χ0n) is 12.2. The maximum atomic E-state index is 11.3. The van der Waals surface area contributed by atoms with Crippen LogP contribution in [0.1, 0.15) is 29.9 Å². The Balaban J connectivity index is 2.47. The molecule has 20 heavy (non-hydrogen) atoms. The van der Waals surface area contributed by atoms with Crippen molar-refractivity contribution in [3.8, 4) is 0 Å². The third-order valence-electron chi connectivity index (χ3n) is 2.53. The van der Waals surface area contributed by atoms with Crippen LogP contribution in [0, 0.1) is 5.92 Å². The average molecular weight is 317 g/mol. The van der Waals surface area contributed by atoms with Crippen LogP contribution in [-0.4, -0.2) is 31.9 Å². The molecule has 0 aliphatic rings. The normalized spacial score (nSPS) is 11.0. The maximum Gasteiger partial charge on any atom is 0.261 e. The van der Waals surface area contributed by atoms with Crippen LogP contribution in [0.15, 0.2) is 4.90 Å². The molecular formula is C13H23N3O2S2. The highest BCUT2D eigenvalue weighted by Crippen LogP contribution is 2.41. The minimum absolute atomic E-state index is 0.424. The van der Waals surface area contributed by atoms with E-state index in [1.807, 2.05) is 6.26 Å². The van der Waals surface area contributed by atoms with Gasteiger partial charge in [0.05, 0.1) is 10.6 Å². The molecule has 1 heterocycles. The number of ether oxygens (including phenoxy) is 1. The first-order chi connectivity index (χ1) is 9.47. The molecular weight excluding hydrogens is 294 g/mol. The van der Waals surface area contributed by atoms with Gasteiger partial charge in [-0.1, -0.05) is 13.8 Å². The summed E-state index contributed by atoms with van der Waals surface area (Å²) < 4.78 is 5.52. The first-order valence-corrected chi connectivity index (χ1v) is 8.59. The van der Waals surface area contributed by atoms with E-state index in [0.29, 0.717) is 16.5 Å². The van der Waals surface area contributed by atoms with Crippen LogP contribution in [0.4, 0.5) is 10.7 Å². The Kier molecular flexibility index (Phi) is 7.18. The number of carbonyl (C=O) groups is 1. The van der Waals surface area contributed by atoms with Crippen molar-refractivity contribution in [3.63, 3.8) is 0 Å². The molecule has 5 N–H and O–H groups in total. The van der Waals surface area contributed by atoms with Crippen LogP contribution >= 0.6 is 23.1 Å². The highest BCUT2D eigenvalue weighted by molar-refractivity contribution is 7.99. The number of thiophene rings is 1. The predicted molar refractivity (Wildman–Crippen MR) is 87.8 cm³/mol. The van der Waals surface area contributed by atoms with Crippen LogP contribution in [-0.2, 0) is 4.74 Å². The summed E-state index contributed by atoms with van der Waals surface area (Å²) in [6.07, 6.45) is 2.84. The smallest absolute Gasteiger partial charge is 0.261 e. The average Bonchev–Trinajstić information content (AvgIpc) is 2.69. The Morgan fingerprint density at radius 3 is 2.75 bits per heavy atom. The van der Waals surface area contributed by atoms with Gasteiger partial charge in [0, 0.05) is 19.8 Å². The quantitative estimate of drug-likeness (QED) is 0.481. The van der Waals surface area contributed by atoms with Crippen molar-refractivity contribution in [1.29, 1.82) is 0 Å². The van der Waals surface area contributed by atoms with E-state index in [1.165, 1.54) is 23.1 Å². The summed E-state index contributed by atoms with van der Waals surface area (Å²) in [5, 5.41) is 4.21. The molecule has 0 fully saturated rings. The monoisotopic (exact) mass is 317 g/mol. The molecule has 5 nitrogen and oxygen atoms in total. The summed E-state index contributed by atoms with van der Waals surface area (Å²) in [5.74, 6) is 0.0809. The van der Waals surface area contributed by atoms with E-state index in [0.717, 1.165) is 36.1 Å². The topological polar surface area (TPSA) is 90.4 Å². The molecule has 0 bridgehead atoms. The molecule has 0 saturated carbocycles. The van der Waals surface area contributed by atoms with E-state index >= 15 is 0 Å². The zero-order chi connectivity index (χ0) is 15.1. The van der Waals surface area contributed by atoms with Crippen molar-refractivity contribution in [3.05, 3.63) is 4.88 Å². The van der Waals surface area contributed by atoms with Crippen molar-refractivity contribution in [2.45, 2.75) is 25.2 Å². The molecule has 0 aliphatic carbocycles. The van der Waals surface area contributed by atoms with Gasteiger partial charge in [-0.05, 0) is 18.6 Å². The standard InChI is InChI=1S/C13H23N3O2S2/c1-8(2)7-18-6-4-5-16-13-11(19-3)9(14)10(20-13)12(15)17/h8,16H,4-7,14H2,1-3H3,(H2,15,17). The van der Waals surface area contributed by atoms with Crippen molar-refractivity contribution in [2.24, 2.45) is 11.7 Å². The lowest BCUT2D eigenvalue weighted by Crippen LogP contribution is -2.10. The largest absolute Gasteiger partial charge is 0.396 e. The number of nitrogens with one attached hydrogen (secondary N) is 1. The fourth-order valence-corrected chi connectivity index (χ4v) is 3.54. The summed E-state index contributed by atoms with van der Waals surface area (Å²) in [5.41, 5.74) is 11.7. The summed E-state index contributed by atoms with van der Waals surface area (Å²) in [7, 11) is 0. The number of primary amides is 1. The lowest BCUT2D eigenvalue weighted by Gasteiger charge is -2.08. The van der Waals surface area contributed by atoms with Crippen molar-refractivity contribution < 1.29 is 9.53 Å². The molecule has 1 aromatic rings. The Morgan fingerprint density at radius 2 is 2.20 bits per heavy atom. The molecule has 0 radical (unpaired) electrons. The SMILES string of the molecule is CSc1c(NCCCOCC(C)C)sc(C(N)=O)c1N. The van der Waals surface area contributed by atoms with Gasteiger partial charge in [-0.3, -0.25) is 4.79 Å². The predicted octanol–water partition coefficient (Wildman–Crippen LogP) is 2.63. The second kappa shape index (κ2) is 8.39. The highest BCUT2D eigenvalue weighted by Gasteiger charge is 2.18. The highest BCUT2D eigenvalue weighted by atomic mass is 32.2. The molecule has 0 saturated heterocycles. The fraction of sp³-hybridized carbons (Fsp3) is 0.615. The van der Waals surface area contributed by atoms with Gasteiger partial charge in [-0.2, -0.15) is 0 Å². The van der Waals surface area contributed by atoms with Crippen molar-refractivity contribution >= 4 is 39.7 Å². The van der Waals surface area contributed by atoms with Crippen LogP contribution in [0.2, 0.25) is 0 Å². The first-order valence-electron chi connectivity index (χ1n) is 6.55. The van der Waals surface area contributed by atoms with E-state index in [1.54, 1.807) is 0 Å². The second-order valence-corrected chi connectivity index (χ2v) is 6.66. The van der Waals surface area contributed by atoms with E-state index in [9.17, 15) is 4.79 Å². The van der Waals surface area contributed by atoms with Gasteiger partial charge in [-0.15, -0.1) is 23.1 Å². The van der Waals surface area contributed by atoms with Gasteiger partial charge in [0.15, 0.2) is 0 Å². The molecule has 7 heteroatoms. The Hall–Kier alpha value is -0.920. The maximum absolute atomic E-state index is 11.3. The molecule has 1 amide bonds. The Bertz CT molecular complexity index is 447. The molecule has 0 spiro atoms. The number of carbonyl (C=O) groups excluding carboxylic acids is 1. The fourth-order valence-electron chi connectivity index (χ4n) is 1.63. The van der Waals surface area contributed by atoms with E-state index in [2.05, 4.69) is 19.2 Å². The lowest BCUT2D eigenvalue weighted by molar-refractivity contribution is 0.100. The van der Waals surface area contributed by atoms with E-state index in [4.69, 9.17) is 16.2 Å². The first kappa shape index (κ1) is 17.1. The number of thioether (sulfide) groups is 1. The Morgan fingerprint density at radius 1 is 1.50 bits per heavy atom. The molecule has 0 atom stereocenters. The number of hydrogen-bond acceptors (Lipinski definition) is 6. The van der Waals surface area contributed by atoms with Crippen LogP contribution in [0.5, 0.6) is 0 Å². The van der Waals surface area contributed by atoms with Crippen LogP contribution in [0.3, 0.4) is 0 Å². The summed E-state index contributed by atoms with van der Waals surface area (Å²) in [6, 6.07) is 0. The van der Waals surface area contributed by atoms with Gasteiger partial charge in [-0.25, -0.2) is 0 Å². The van der Waals surface area contributed by atoms with Crippen LogP contribution in [0.25, 0.3) is 0 Å². The minimum atomic E-state index is -0.476. The van der Waals surface area contributed by atoms with E-state index in [-0.39, 0.29) is 0 Å². The molecule has 0 unspecified atom stereocenters. The van der Waals surface area contributed by atoms with Gasteiger partial charge in [0.25, 0.3) is 5.91 Å². The third kappa shape index (κ3) is 4.88. The Labute approximate surface area is 128 Å². The number of nitrogen functional groups attached to an aromatic ring is 1. The summed E-state index contributed by atoms with van der Waals surface area (Å²) in [6.45, 7) is 6.55. The molecule has 0 aromatic carbocycles. The lowest BCUT2D eigenvalue weighted by atomic mass is 10.2. The number of amides is 1. The molecule has 0 aliphatic heterocycles. The number of rotatable bonds is 9. The van der Waals surface area contributed by atoms with Gasteiger partial charge >= 0.3 is 0 Å². The number of nitrogens with two attached hydrogens (primary N) is 2. The van der Waals surface area contributed by atoms with Gasteiger partial charge in [0.1, 0.15) is 9.88 Å². The summed E-state index contributed by atoms with van der Waals surface area (Å²) in [4.78, 5) is 12.6. The number of anilines is 2. The molecule has 1 rings (SSSR count). The van der Waals surface area contributed by atoms with Crippen molar-refractivity contribution in [1.82, 2.24) is 0 Å². The minimum Gasteiger partial charge on any atom is -0.396 e. The van der Waals surface area contributed by atoms with Crippen molar-refractivity contribution in [2.75, 3.05) is 37.1 Å². The van der Waals surface area contributed by atoms with E-state index < -0.39 is 5.91 Å². The summed E-state index contributed by atoms with van der Waals surface area (Å²) >= 11 is 2.83. The van der Waals surface area contributed by atoms with Crippen LogP contribution < -0.4 is 16.8 Å². The van der Waals surface area contributed by atoms with Gasteiger partial charge in [0.2, 0.25) is 0 Å². The molecule has 114 valence electrons. The zero-order valence-corrected chi connectivity index (χ0v) is 13.8. The number of hydrogen-bond donors (Lipinski definition) is 3. The molecule has 1 aromatic heterocycles. The second-order valence-electron chi connectivity index (χ2n) is 4.82. The van der Waals surface area contributed by atoms with Gasteiger partial charge < -0.3 is 21.5 Å². The third-order valence-corrected chi connectivity index (χ3v) is 4.67.